The molecule has 2 heterocycles. The molecule has 7 nitrogen and oxygen atoms in total. The van der Waals surface area contributed by atoms with Gasteiger partial charge in [-0.3, -0.25) is 14.4 Å². The van der Waals surface area contributed by atoms with Crippen molar-refractivity contribution in [3.05, 3.63) is 42.0 Å². The molecule has 1 saturated carbocycles. The molecular weight excluding hydrogens is 406 g/mol. The van der Waals surface area contributed by atoms with Gasteiger partial charge in [0.1, 0.15) is 11.8 Å². The Kier molecular flexibility index (Phi) is 5.49. The maximum atomic E-state index is 13.2. The third-order valence-corrected chi connectivity index (χ3v) is 7.03. The molecule has 2 saturated heterocycles. The summed E-state index contributed by atoms with van der Waals surface area (Å²) in [4.78, 5) is 42.0. The van der Waals surface area contributed by atoms with Gasteiger partial charge < -0.3 is 20.2 Å². The lowest BCUT2D eigenvalue weighted by atomic mass is 10.0. The number of hydrogen-bond donors (Lipinski definition) is 2. The summed E-state index contributed by atoms with van der Waals surface area (Å²) >= 11 is 0. The van der Waals surface area contributed by atoms with E-state index >= 15 is 0 Å². The first-order chi connectivity index (χ1) is 15.5. The van der Waals surface area contributed by atoms with Crippen LogP contribution < -0.4 is 5.32 Å². The topological polar surface area (TPSA) is 90.0 Å². The molecule has 0 aromatic heterocycles. The molecule has 32 heavy (non-hydrogen) atoms. The smallest absolute Gasteiger partial charge is 0.258 e. The van der Waals surface area contributed by atoms with E-state index in [4.69, 9.17) is 0 Å². The van der Waals surface area contributed by atoms with Gasteiger partial charge in [-0.1, -0.05) is 30.3 Å². The number of aromatic hydroxyl groups is 1. The van der Waals surface area contributed by atoms with E-state index in [9.17, 15) is 19.5 Å². The van der Waals surface area contributed by atoms with E-state index < -0.39 is 6.04 Å². The highest BCUT2D eigenvalue weighted by molar-refractivity contribution is 6.05. The van der Waals surface area contributed by atoms with E-state index in [2.05, 4.69) is 5.32 Å². The van der Waals surface area contributed by atoms with Gasteiger partial charge in [0.15, 0.2) is 0 Å². The minimum atomic E-state index is -0.528. The zero-order valence-corrected chi connectivity index (χ0v) is 18.1. The van der Waals surface area contributed by atoms with Crippen LogP contribution in [0.4, 0.5) is 0 Å². The molecule has 2 aromatic carbocycles. The lowest BCUT2D eigenvalue weighted by Gasteiger charge is -2.34. The number of hydrogen-bond acceptors (Lipinski definition) is 4. The van der Waals surface area contributed by atoms with Crippen LogP contribution in [0.1, 0.15) is 48.9 Å². The third kappa shape index (κ3) is 3.92. The van der Waals surface area contributed by atoms with Gasteiger partial charge in [0.2, 0.25) is 11.8 Å². The average Bonchev–Trinajstić information content (AvgIpc) is 3.55. The predicted molar refractivity (Wildman–Crippen MR) is 120 cm³/mol. The maximum absolute atomic E-state index is 13.2. The van der Waals surface area contributed by atoms with Crippen molar-refractivity contribution in [2.75, 3.05) is 19.6 Å². The Labute approximate surface area is 187 Å². The normalized spacial score (nSPS) is 21.7. The van der Waals surface area contributed by atoms with Crippen LogP contribution in [0.3, 0.4) is 0 Å². The highest BCUT2D eigenvalue weighted by Gasteiger charge is 2.38. The number of carbonyl (C=O) groups is 3. The number of likely N-dealkylation sites (tertiary alicyclic amines) is 2. The number of carbonyl (C=O) groups excluding carboxylic acids is 3. The van der Waals surface area contributed by atoms with Crippen LogP contribution in [0.5, 0.6) is 5.75 Å². The van der Waals surface area contributed by atoms with Crippen LogP contribution in [-0.2, 0) is 9.59 Å². The van der Waals surface area contributed by atoms with E-state index in [-0.39, 0.29) is 41.0 Å². The number of phenolic OH excluding ortho intramolecular Hbond substituents is 1. The van der Waals surface area contributed by atoms with Crippen LogP contribution in [0.15, 0.2) is 36.4 Å². The van der Waals surface area contributed by atoms with Crippen molar-refractivity contribution >= 4 is 28.5 Å². The summed E-state index contributed by atoms with van der Waals surface area (Å²) in [6, 6.07) is 10.3. The molecule has 3 amide bonds. The van der Waals surface area contributed by atoms with Crippen LogP contribution in [0.25, 0.3) is 10.8 Å². The fraction of sp³-hybridized carbons (Fsp3) is 0.480. The summed E-state index contributed by atoms with van der Waals surface area (Å²) in [5, 5.41) is 15.3. The van der Waals surface area contributed by atoms with Gasteiger partial charge in [-0.05, 0) is 50.0 Å². The molecule has 0 spiro atoms. The quantitative estimate of drug-likeness (QED) is 0.773. The number of rotatable bonds is 4. The van der Waals surface area contributed by atoms with Gasteiger partial charge in [0.05, 0.1) is 5.56 Å². The molecule has 7 heteroatoms. The fourth-order valence-electron chi connectivity index (χ4n) is 4.99. The van der Waals surface area contributed by atoms with E-state index in [0.717, 1.165) is 37.5 Å². The van der Waals surface area contributed by atoms with Crippen molar-refractivity contribution < 1.29 is 19.5 Å². The van der Waals surface area contributed by atoms with E-state index in [1.165, 1.54) is 0 Å². The number of piperidine rings is 1. The molecule has 2 aliphatic heterocycles. The second kappa shape index (κ2) is 8.45. The molecule has 5 rings (SSSR count). The van der Waals surface area contributed by atoms with Gasteiger partial charge in [0, 0.05) is 37.0 Å². The summed E-state index contributed by atoms with van der Waals surface area (Å²) in [5.41, 5.74) is 0.232. The standard InChI is InChI=1S/C25H29N3O4/c29-22-19-5-2-1-4-16(19)9-10-20(22)25(32)28-13-3-6-21(28)23(30)26-18-11-14-27(15-12-18)24(31)17-7-8-17/h1-2,4-5,9-10,17-18,21,29H,3,6-8,11-15H2,(H,26,30). The van der Waals surface area contributed by atoms with Gasteiger partial charge in [-0.15, -0.1) is 0 Å². The summed E-state index contributed by atoms with van der Waals surface area (Å²) in [5.74, 6) is 0.00830. The molecule has 3 fully saturated rings. The lowest BCUT2D eigenvalue weighted by Crippen LogP contribution is -2.52. The van der Waals surface area contributed by atoms with Crippen LogP contribution in [-0.4, -0.2) is 64.3 Å². The highest BCUT2D eigenvalue weighted by atomic mass is 16.3. The summed E-state index contributed by atoms with van der Waals surface area (Å²) in [6.45, 7) is 1.86. The van der Waals surface area contributed by atoms with E-state index in [0.29, 0.717) is 31.4 Å². The van der Waals surface area contributed by atoms with Crippen molar-refractivity contribution in [1.82, 2.24) is 15.1 Å². The number of nitrogens with one attached hydrogen (secondary N) is 1. The Morgan fingerprint density at radius 3 is 2.41 bits per heavy atom. The molecule has 1 aliphatic carbocycles. The van der Waals surface area contributed by atoms with Crippen molar-refractivity contribution in [1.29, 1.82) is 0 Å². The number of benzene rings is 2. The number of nitrogens with zero attached hydrogens (tertiary/aromatic N) is 2. The monoisotopic (exact) mass is 435 g/mol. The minimum absolute atomic E-state index is 0.0253. The molecule has 0 bridgehead atoms. The fourth-order valence-corrected chi connectivity index (χ4v) is 4.99. The van der Waals surface area contributed by atoms with Gasteiger partial charge in [0.25, 0.3) is 5.91 Å². The lowest BCUT2D eigenvalue weighted by molar-refractivity contribution is -0.133. The molecular formula is C25H29N3O4. The molecule has 1 atom stereocenters. The van der Waals surface area contributed by atoms with Crippen LogP contribution in [0.2, 0.25) is 0 Å². The second-order valence-corrected chi connectivity index (χ2v) is 9.22. The number of amides is 3. The average molecular weight is 436 g/mol. The first-order valence-electron chi connectivity index (χ1n) is 11.6. The zero-order chi connectivity index (χ0) is 22.2. The number of phenols is 1. The van der Waals surface area contributed by atoms with Crippen molar-refractivity contribution in [2.45, 2.75) is 50.6 Å². The van der Waals surface area contributed by atoms with Gasteiger partial charge in [-0.2, -0.15) is 0 Å². The zero-order valence-electron chi connectivity index (χ0n) is 18.1. The summed E-state index contributed by atoms with van der Waals surface area (Å²) < 4.78 is 0. The third-order valence-electron chi connectivity index (χ3n) is 7.03. The van der Waals surface area contributed by atoms with Crippen molar-refractivity contribution in [2.24, 2.45) is 5.92 Å². The van der Waals surface area contributed by atoms with Crippen molar-refractivity contribution in [3.63, 3.8) is 0 Å². The summed E-state index contributed by atoms with van der Waals surface area (Å²) in [6.07, 6.45) is 4.88. The Morgan fingerprint density at radius 1 is 0.906 bits per heavy atom. The minimum Gasteiger partial charge on any atom is -0.506 e. The molecule has 0 radical (unpaired) electrons. The Morgan fingerprint density at radius 2 is 1.66 bits per heavy atom. The predicted octanol–water partition coefficient (Wildman–Crippen LogP) is 2.67. The summed E-state index contributed by atoms with van der Waals surface area (Å²) in [7, 11) is 0. The molecule has 2 N–H and O–H groups in total. The Hall–Kier alpha value is -3.09. The molecule has 168 valence electrons. The van der Waals surface area contributed by atoms with Crippen molar-refractivity contribution in [3.8, 4) is 5.75 Å². The first-order valence-corrected chi connectivity index (χ1v) is 11.6. The van der Waals surface area contributed by atoms with Crippen LogP contribution >= 0.6 is 0 Å². The first kappa shape index (κ1) is 20.8. The van der Waals surface area contributed by atoms with E-state index in [1.54, 1.807) is 17.0 Å². The maximum Gasteiger partial charge on any atom is 0.258 e. The van der Waals surface area contributed by atoms with Crippen LogP contribution in [0, 0.1) is 5.92 Å². The number of fused-ring (bicyclic) bond motifs is 1. The molecule has 2 aromatic rings. The second-order valence-electron chi connectivity index (χ2n) is 9.22. The Balaban J connectivity index is 1.23. The SMILES string of the molecule is O=C(NC1CCN(C(=O)C2CC2)CC1)C1CCCN1C(=O)c1ccc2ccccc2c1O. The Bertz CT molecular complexity index is 1060. The van der Waals surface area contributed by atoms with E-state index in [1.807, 2.05) is 29.2 Å². The van der Waals surface area contributed by atoms with Gasteiger partial charge >= 0.3 is 0 Å². The molecule has 1 unspecified atom stereocenters. The largest absolute Gasteiger partial charge is 0.506 e. The highest BCUT2D eigenvalue weighted by Crippen LogP contribution is 2.33. The molecule has 3 aliphatic rings. The van der Waals surface area contributed by atoms with Gasteiger partial charge in [-0.25, -0.2) is 0 Å².